The van der Waals surface area contributed by atoms with E-state index in [1.165, 1.54) is 11.1 Å². The van der Waals surface area contributed by atoms with Gasteiger partial charge in [-0.15, -0.1) is 0 Å². The summed E-state index contributed by atoms with van der Waals surface area (Å²) < 4.78 is 0. The summed E-state index contributed by atoms with van der Waals surface area (Å²) >= 11 is 6.23. The second kappa shape index (κ2) is 5.95. The first kappa shape index (κ1) is 14.8. The number of carbonyl (C=O) groups excluding carboxylic acids is 1. The fraction of sp³-hybridized carbons (Fsp3) is 0.562. The van der Waals surface area contributed by atoms with Gasteiger partial charge < -0.3 is 4.90 Å². The molecule has 0 radical (unpaired) electrons. The van der Waals surface area contributed by atoms with E-state index in [1.807, 2.05) is 17.0 Å². The van der Waals surface area contributed by atoms with Crippen LogP contribution in [0.5, 0.6) is 0 Å². The molecule has 3 rings (SSSR count). The molecule has 0 aliphatic carbocycles. The molecule has 1 aromatic carbocycles. The van der Waals surface area contributed by atoms with Crippen molar-refractivity contribution in [3.63, 3.8) is 0 Å². The molecule has 0 saturated carbocycles. The predicted octanol–water partition coefficient (Wildman–Crippen LogP) is 2.12. The van der Waals surface area contributed by atoms with Crippen LogP contribution in [0.4, 0.5) is 0 Å². The highest BCUT2D eigenvalue weighted by atomic mass is 35.5. The van der Waals surface area contributed by atoms with E-state index in [1.54, 1.807) is 0 Å². The molecule has 5 heteroatoms. The second-order valence-corrected chi connectivity index (χ2v) is 6.43. The third-order valence-electron chi connectivity index (χ3n) is 4.81. The van der Waals surface area contributed by atoms with Gasteiger partial charge in [0.25, 0.3) is 0 Å². The minimum Gasteiger partial charge on any atom is -0.337 e. The van der Waals surface area contributed by atoms with Crippen LogP contribution in [0.2, 0.25) is 5.02 Å². The number of halogens is 1. The van der Waals surface area contributed by atoms with Crippen molar-refractivity contribution in [2.24, 2.45) is 5.92 Å². The number of amides is 1. The second-order valence-electron chi connectivity index (χ2n) is 6.03. The minimum absolute atomic E-state index is 0.129. The van der Waals surface area contributed by atoms with E-state index in [4.69, 9.17) is 11.6 Å². The lowest BCUT2D eigenvalue weighted by atomic mass is 9.92. The zero-order valence-corrected chi connectivity index (χ0v) is 13.3. The van der Waals surface area contributed by atoms with Crippen molar-refractivity contribution in [3.8, 4) is 0 Å². The molecule has 4 nitrogen and oxygen atoms in total. The van der Waals surface area contributed by atoms with E-state index < -0.39 is 0 Å². The van der Waals surface area contributed by atoms with E-state index in [-0.39, 0.29) is 11.9 Å². The maximum Gasteiger partial charge on any atom is 0.241 e. The third-order valence-corrected chi connectivity index (χ3v) is 5.17. The summed E-state index contributed by atoms with van der Waals surface area (Å²) in [6, 6.07) is 6.19. The Morgan fingerprint density at radius 3 is 2.95 bits per heavy atom. The summed E-state index contributed by atoms with van der Waals surface area (Å²) in [7, 11) is 0. The lowest BCUT2D eigenvalue weighted by molar-refractivity contribution is -0.135. The van der Waals surface area contributed by atoms with Crippen molar-refractivity contribution in [2.75, 3.05) is 6.54 Å². The number of rotatable bonds is 2. The molecule has 3 unspecified atom stereocenters. The predicted molar refractivity (Wildman–Crippen MR) is 83.9 cm³/mol. The summed E-state index contributed by atoms with van der Waals surface area (Å²) in [5.74, 6) is 0.500. The van der Waals surface area contributed by atoms with Crippen molar-refractivity contribution in [1.29, 1.82) is 0 Å². The SMILES string of the molecule is CCC1NNC(C(=O)N2CCc3c(Cl)cccc3C2)C1C. The lowest BCUT2D eigenvalue weighted by Gasteiger charge is -2.32. The van der Waals surface area contributed by atoms with Crippen LogP contribution >= 0.6 is 11.6 Å². The van der Waals surface area contributed by atoms with Gasteiger partial charge in [0.15, 0.2) is 0 Å². The normalized spacial score (nSPS) is 28.5. The Hall–Kier alpha value is -1.10. The highest BCUT2D eigenvalue weighted by molar-refractivity contribution is 6.31. The van der Waals surface area contributed by atoms with Crippen LogP contribution in [0.1, 0.15) is 31.4 Å². The van der Waals surface area contributed by atoms with Crippen LogP contribution in [-0.2, 0) is 17.8 Å². The number of carbonyl (C=O) groups is 1. The average Bonchev–Trinajstić information content (AvgIpc) is 2.87. The Kier molecular flexibility index (Phi) is 4.20. The van der Waals surface area contributed by atoms with Gasteiger partial charge in [0.1, 0.15) is 6.04 Å². The van der Waals surface area contributed by atoms with Crippen molar-refractivity contribution in [3.05, 3.63) is 34.3 Å². The fourth-order valence-corrected chi connectivity index (χ4v) is 3.69. The highest BCUT2D eigenvalue weighted by Gasteiger charge is 2.38. The Morgan fingerprint density at radius 2 is 2.24 bits per heavy atom. The standard InChI is InChI=1S/C16H22ClN3O/c1-3-14-10(2)15(19-18-14)16(21)20-8-7-12-11(9-20)5-4-6-13(12)17/h4-6,10,14-15,18-19H,3,7-9H2,1-2H3. The van der Waals surface area contributed by atoms with E-state index in [0.29, 0.717) is 18.5 Å². The molecule has 2 heterocycles. The topological polar surface area (TPSA) is 44.4 Å². The molecular weight excluding hydrogens is 286 g/mol. The van der Waals surface area contributed by atoms with Crippen LogP contribution in [0, 0.1) is 5.92 Å². The molecule has 0 bridgehead atoms. The molecule has 1 amide bonds. The van der Waals surface area contributed by atoms with Gasteiger partial charge in [-0.25, -0.2) is 5.43 Å². The Balaban J connectivity index is 1.73. The summed E-state index contributed by atoms with van der Waals surface area (Å²) in [6.45, 7) is 5.69. The Bertz CT molecular complexity index is 548. The van der Waals surface area contributed by atoms with Gasteiger partial charge in [-0.2, -0.15) is 0 Å². The minimum atomic E-state index is -0.129. The molecule has 1 aromatic rings. The molecule has 0 aromatic heterocycles. The van der Waals surface area contributed by atoms with Gasteiger partial charge in [-0.1, -0.05) is 37.6 Å². The van der Waals surface area contributed by atoms with Crippen molar-refractivity contribution in [1.82, 2.24) is 15.8 Å². The van der Waals surface area contributed by atoms with E-state index in [9.17, 15) is 4.79 Å². The average molecular weight is 308 g/mol. The lowest BCUT2D eigenvalue weighted by Crippen LogP contribution is -2.48. The molecule has 0 spiro atoms. The van der Waals surface area contributed by atoms with E-state index in [0.717, 1.165) is 24.4 Å². The van der Waals surface area contributed by atoms with E-state index >= 15 is 0 Å². The van der Waals surface area contributed by atoms with Gasteiger partial charge in [-0.3, -0.25) is 10.2 Å². The zero-order chi connectivity index (χ0) is 15.0. The molecular formula is C16H22ClN3O. The van der Waals surface area contributed by atoms with Crippen LogP contribution < -0.4 is 10.9 Å². The number of nitrogens with zero attached hydrogens (tertiary/aromatic N) is 1. The Labute approximate surface area is 130 Å². The quantitative estimate of drug-likeness (QED) is 0.879. The summed E-state index contributed by atoms with van der Waals surface area (Å²) in [6.07, 6.45) is 1.86. The summed E-state index contributed by atoms with van der Waals surface area (Å²) in [5, 5.41) is 0.819. The smallest absolute Gasteiger partial charge is 0.241 e. The molecule has 1 fully saturated rings. The number of nitrogens with one attached hydrogen (secondary N) is 2. The van der Waals surface area contributed by atoms with Crippen molar-refractivity contribution < 1.29 is 4.79 Å². The molecule has 21 heavy (non-hydrogen) atoms. The van der Waals surface area contributed by atoms with Gasteiger partial charge in [-0.05, 0) is 36.0 Å². The van der Waals surface area contributed by atoms with Gasteiger partial charge in [0.2, 0.25) is 5.91 Å². The van der Waals surface area contributed by atoms with Gasteiger partial charge in [0, 0.05) is 24.2 Å². The third kappa shape index (κ3) is 2.68. The van der Waals surface area contributed by atoms with Gasteiger partial charge >= 0.3 is 0 Å². The first-order valence-electron chi connectivity index (χ1n) is 7.68. The molecule has 2 N–H and O–H groups in total. The van der Waals surface area contributed by atoms with Crippen LogP contribution in [0.3, 0.4) is 0 Å². The number of hydrazine groups is 1. The molecule has 114 valence electrons. The molecule has 3 atom stereocenters. The summed E-state index contributed by atoms with van der Waals surface area (Å²) in [4.78, 5) is 14.7. The number of benzene rings is 1. The van der Waals surface area contributed by atoms with Crippen LogP contribution in [-0.4, -0.2) is 29.4 Å². The number of hydrogen-bond acceptors (Lipinski definition) is 3. The maximum absolute atomic E-state index is 12.8. The monoisotopic (exact) mass is 307 g/mol. The van der Waals surface area contributed by atoms with Gasteiger partial charge in [0.05, 0.1) is 0 Å². The Morgan fingerprint density at radius 1 is 1.43 bits per heavy atom. The highest BCUT2D eigenvalue weighted by Crippen LogP contribution is 2.27. The first-order chi connectivity index (χ1) is 10.1. The fourth-order valence-electron chi connectivity index (χ4n) is 3.40. The number of fused-ring (bicyclic) bond motifs is 1. The maximum atomic E-state index is 12.8. The largest absolute Gasteiger partial charge is 0.337 e. The van der Waals surface area contributed by atoms with Crippen LogP contribution in [0.15, 0.2) is 18.2 Å². The summed E-state index contributed by atoms with van der Waals surface area (Å²) in [5.41, 5.74) is 8.78. The van der Waals surface area contributed by atoms with E-state index in [2.05, 4.69) is 30.8 Å². The van der Waals surface area contributed by atoms with Crippen molar-refractivity contribution in [2.45, 2.75) is 45.3 Å². The number of hydrogen-bond donors (Lipinski definition) is 2. The molecule has 2 aliphatic heterocycles. The van der Waals surface area contributed by atoms with Crippen molar-refractivity contribution >= 4 is 17.5 Å². The molecule has 1 saturated heterocycles. The van der Waals surface area contributed by atoms with Crippen LogP contribution in [0.25, 0.3) is 0 Å². The first-order valence-corrected chi connectivity index (χ1v) is 8.05. The zero-order valence-electron chi connectivity index (χ0n) is 12.5. The molecule has 2 aliphatic rings.